The van der Waals surface area contributed by atoms with Crippen LogP contribution in [0.25, 0.3) is 10.4 Å². The number of benzene rings is 1. The summed E-state index contributed by atoms with van der Waals surface area (Å²) >= 11 is 1.77. The number of nitrogen functional groups attached to an aromatic ring is 1. The third kappa shape index (κ3) is 1.90. The first kappa shape index (κ1) is 10.2. The van der Waals surface area contributed by atoms with Crippen molar-refractivity contribution >= 4 is 17.0 Å². The molecule has 0 bridgehead atoms. The molecule has 1 aromatic carbocycles. The summed E-state index contributed by atoms with van der Waals surface area (Å²) < 4.78 is 0. The van der Waals surface area contributed by atoms with Crippen LogP contribution in [0, 0.1) is 6.92 Å². The van der Waals surface area contributed by atoms with Crippen molar-refractivity contribution in [2.75, 3.05) is 5.73 Å². The van der Waals surface area contributed by atoms with Crippen LogP contribution in [0.4, 0.5) is 5.69 Å². The fraction of sp³-hybridized carbons (Fsp3) is 0.231. The standard InChI is InChI=1S/C13H15NS/c1-3-10-4-5-11(8-12(10)14)13-9(2)6-7-15-13/h4-8H,3,14H2,1-2H3. The Morgan fingerprint density at radius 2 is 2.07 bits per heavy atom. The van der Waals surface area contributed by atoms with Crippen LogP contribution >= 0.6 is 11.3 Å². The molecule has 0 saturated heterocycles. The molecule has 2 heteroatoms. The first-order chi connectivity index (χ1) is 7.22. The van der Waals surface area contributed by atoms with Gasteiger partial charge >= 0.3 is 0 Å². The van der Waals surface area contributed by atoms with Crippen LogP contribution < -0.4 is 5.73 Å². The SMILES string of the molecule is CCc1ccc(-c2sccc2C)cc1N. The third-order valence-corrected chi connectivity index (χ3v) is 3.72. The van der Waals surface area contributed by atoms with Gasteiger partial charge in [-0.2, -0.15) is 0 Å². The van der Waals surface area contributed by atoms with E-state index in [0.717, 1.165) is 12.1 Å². The van der Waals surface area contributed by atoms with Crippen LogP contribution in [-0.4, -0.2) is 0 Å². The van der Waals surface area contributed by atoms with Gasteiger partial charge in [-0.1, -0.05) is 19.1 Å². The van der Waals surface area contributed by atoms with Crippen molar-refractivity contribution in [3.63, 3.8) is 0 Å². The van der Waals surface area contributed by atoms with E-state index in [1.807, 2.05) is 0 Å². The fourth-order valence-electron chi connectivity index (χ4n) is 1.73. The van der Waals surface area contributed by atoms with E-state index in [1.54, 1.807) is 11.3 Å². The van der Waals surface area contributed by atoms with Gasteiger partial charge in [0.15, 0.2) is 0 Å². The Labute approximate surface area is 94.6 Å². The van der Waals surface area contributed by atoms with Gasteiger partial charge in [0.25, 0.3) is 0 Å². The lowest BCUT2D eigenvalue weighted by atomic mass is 10.0. The maximum absolute atomic E-state index is 5.99. The van der Waals surface area contributed by atoms with Crippen LogP contribution in [0.2, 0.25) is 0 Å². The zero-order chi connectivity index (χ0) is 10.8. The number of hydrogen-bond donors (Lipinski definition) is 1. The average Bonchev–Trinajstić information content (AvgIpc) is 2.64. The van der Waals surface area contributed by atoms with Gasteiger partial charge in [0.2, 0.25) is 0 Å². The molecule has 0 aliphatic rings. The van der Waals surface area contributed by atoms with Crippen LogP contribution in [0.15, 0.2) is 29.6 Å². The second-order valence-electron chi connectivity index (χ2n) is 3.70. The lowest BCUT2D eigenvalue weighted by molar-refractivity contribution is 1.15. The van der Waals surface area contributed by atoms with Gasteiger partial charge in [-0.05, 0) is 47.5 Å². The average molecular weight is 217 g/mol. The molecule has 0 atom stereocenters. The molecule has 1 nitrogen and oxygen atoms in total. The van der Waals surface area contributed by atoms with Crippen LogP contribution in [0.3, 0.4) is 0 Å². The third-order valence-electron chi connectivity index (χ3n) is 2.65. The number of anilines is 1. The van der Waals surface area contributed by atoms with Gasteiger partial charge in [0.05, 0.1) is 0 Å². The smallest absolute Gasteiger partial charge is 0.0372 e. The molecule has 0 aliphatic carbocycles. The molecule has 2 rings (SSSR count). The van der Waals surface area contributed by atoms with Crippen LogP contribution in [0.5, 0.6) is 0 Å². The molecular weight excluding hydrogens is 202 g/mol. The Balaban J connectivity index is 2.47. The van der Waals surface area contributed by atoms with Crippen molar-refractivity contribution in [3.8, 4) is 10.4 Å². The molecule has 1 aromatic heterocycles. The molecule has 2 N–H and O–H groups in total. The molecule has 0 aliphatic heterocycles. The first-order valence-corrected chi connectivity index (χ1v) is 6.03. The van der Waals surface area contributed by atoms with Crippen molar-refractivity contribution in [2.45, 2.75) is 20.3 Å². The molecule has 0 fully saturated rings. The quantitative estimate of drug-likeness (QED) is 0.759. The van der Waals surface area contributed by atoms with Gasteiger partial charge < -0.3 is 5.73 Å². The number of thiophene rings is 1. The Kier molecular flexibility index (Phi) is 2.78. The zero-order valence-corrected chi connectivity index (χ0v) is 9.90. The van der Waals surface area contributed by atoms with Gasteiger partial charge in [-0.25, -0.2) is 0 Å². The van der Waals surface area contributed by atoms with E-state index in [-0.39, 0.29) is 0 Å². The number of hydrogen-bond acceptors (Lipinski definition) is 2. The van der Waals surface area contributed by atoms with Crippen molar-refractivity contribution in [3.05, 3.63) is 40.8 Å². The maximum atomic E-state index is 5.99. The summed E-state index contributed by atoms with van der Waals surface area (Å²) in [7, 11) is 0. The minimum atomic E-state index is 0.905. The van der Waals surface area contributed by atoms with Crippen molar-refractivity contribution < 1.29 is 0 Å². The zero-order valence-electron chi connectivity index (χ0n) is 9.08. The van der Waals surface area contributed by atoms with Crippen molar-refractivity contribution in [1.29, 1.82) is 0 Å². The largest absolute Gasteiger partial charge is 0.398 e. The highest BCUT2D eigenvalue weighted by Crippen LogP contribution is 2.31. The maximum Gasteiger partial charge on any atom is 0.0372 e. The Hall–Kier alpha value is -1.28. The van der Waals surface area contributed by atoms with E-state index in [4.69, 9.17) is 5.73 Å². The van der Waals surface area contributed by atoms with Crippen LogP contribution in [0.1, 0.15) is 18.1 Å². The summed E-state index contributed by atoms with van der Waals surface area (Å²) in [5, 5.41) is 2.12. The Morgan fingerprint density at radius 1 is 1.27 bits per heavy atom. The highest BCUT2D eigenvalue weighted by molar-refractivity contribution is 7.13. The highest BCUT2D eigenvalue weighted by atomic mass is 32.1. The van der Waals surface area contributed by atoms with Gasteiger partial charge in [-0.15, -0.1) is 11.3 Å². The first-order valence-electron chi connectivity index (χ1n) is 5.15. The highest BCUT2D eigenvalue weighted by Gasteiger charge is 2.05. The predicted octanol–water partition coefficient (Wildman–Crippen LogP) is 3.87. The Bertz CT molecular complexity index is 471. The van der Waals surface area contributed by atoms with Crippen molar-refractivity contribution in [1.82, 2.24) is 0 Å². The van der Waals surface area contributed by atoms with E-state index < -0.39 is 0 Å². The molecule has 0 amide bonds. The van der Waals surface area contributed by atoms with E-state index >= 15 is 0 Å². The molecular formula is C13H15NS. The van der Waals surface area contributed by atoms with E-state index in [1.165, 1.54) is 21.6 Å². The molecule has 0 spiro atoms. The van der Waals surface area contributed by atoms with E-state index in [2.05, 4.69) is 43.5 Å². The normalized spacial score (nSPS) is 10.5. The number of nitrogens with two attached hydrogens (primary N) is 1. The number of rotatable bonds is 2. The summed E-state index contributed by atoms with van der Waals surface area (Å²) in [5.74, 6) is 0. The second-order valence-corrected chi connectivity index (χ2v) is 4.62. The summed E-state index contributed by atoms with van der Waals surface area (Å²) in [6.07, 6.45) is 0.996. The molecule has 0 radical (unpaired) electrons. The van der Waals surface area contributed by atoms with Crippen molar-refractivity contribution in [2.24, 2.45) is 0 Å². The molecule has 0 unspecified atom stereocenters. The summed E-state index contributed by atoms with van der Waals surface area (Å²) in [6.45, 7) is 4.26. The Morgan fingerprint density at radius 3 is 2.60 bits per heavy atom. The number of aryl methyl sites for hydroxylation is 2. The lowest BCUT2D eigenvalue weighted by Crippen LogP contribution is -1.92. The minimum Gasteiger partial charge on any atom is -0.398 e. The molecule has 78 valence electrons. The monoisotopic (exact) mass is 217 g/mol. The van der Waals surface area contributed by atoms with Gasteiger partial charge in [-0.3, -0.25) is 0 Å². The fourth-order valence-corrected chi connectivity index (χ4v) is 2.65. The second kappa shape index (κ2) is 4.07. The molecule has 15 heavy (non-hydrogen) atoms. The molecule has 0 saturated carbocycles. The minimum absolute atomic E-state index is 0.905. The summed E-state index contributed by atoms with van der Waals surface area (Å²) in [5.41, 5.74) is 10.7. The van der Waals surface area contributed by atoms with Gasteiger partial charge in [0.1, 0.15) is 0 Å². The molecule has 1 heterocycles. The summed E-state index contributed by atoms with van der Waals surface area (Å²) in [6, 6.07) is 8.51. The predicted molar refractivity (Wildman–Crippen MR) is 68.3 cm³/mol. The molecule has 2 aromatic rings. The lowest BCUT2D eigenvalue weighted by Gasteiger charge is -2.06. The van der Waals surface area contributed by atoms with E-state index in [0.29, 0.717) is 0 Å². The topological polar surface area (TPSA) is 26.0 Å². The van der Waals surface area contributed by atoms with E-state index in [9.17, 15) is 0 Å². The summed E-state index contributed by atoms with van der Waals surface area (Å²) in [4.78, 5) is 1.32. The van der Waals surface area contributed by atoms with Gasteiger partial charge in [0, 0.05) is 10.6 Å². The van der Waals surface area contributed by atoms with Crippen LogP contribution in [-0.2, 0) is 6.42 Å².